The quantitative estimate of drug-likeness (QED) is 0.720. The molecule has 3 nitrogen and oxygen atoms in total. The molecule has 0 unspecified atom stereocenters. The summed E-state index contributed by atoms with van der Waals surface area (Å²) in [6.07, 6.45) is 0.839. The second-order valence-electron chi connectivity index (χ2n) is 4.24. The topological polar surface area (TPSA) is 27.1 Å². The third kappa shape index (κ3) is 3.23. The molecule has 0 aliphatic carbocycles. The van der Waals surface area contributed by atoms with Gasteiger partial charge in [0.2, 0.25) is 0 Å². The van der Waals surface area contributed by atoms with Gasteiger partial charge in [-0.2, -0.15) is 5.10 Å². The average Bonchev–Trinajstić information content (AvgIpc) is 2.75. The van der Waals surface area contributed by atoms with Crippen LogP contribution >= 0.6 is 31.9 Å². The second-order valence-corrected chi connectivity index (χ2v) is 5.95. The van der Waals surface area contributed by atoms with Gasteiger partial charge in [0, 0.05) is 11.0 Å². The number of aromatic nitrogens is 2. The molecule has 0 bridgehead atoms. The largest absolute Gasteiger partial charge is 0.484 e. The second kappa shape index (κ2) is 6.72. The molecule has 0 fully saturated rings. The minimum absolute atomic E-state index is 0.230. The summed E-state index contributed by atoms with van der Waals surface area (Å²) in [4.78, 5) is 0. The minimum atomic E-state index is -0.373. The Morgan fingerprint density at radius 2 is 2.05 bits per heavy atom. The highest BCUT2D eigenvalue weighted by Crippen LogP contribution is 2.26. The van der Waals surface area contributed by atoms with E-state index in [-0.39, 0.29) is 18.2 Å². The maximum atomic E-state index is 13.6. The van der Waals surface area contributed by atoms with E-state index >= 15 is 0 Å². The monoisotopic (exact) mass is 404 g/mol. The van der Waals surface area contributed by atoms with Crippen LogP contribution in [0.2, 0.25) is 0 Å². The number of aryl methyl sites for hydroxylation is 2. The van der Waals surface area contributed by atoms with Gasteiger partial charge in [-0.3, -0.25) is 4.68 Å². The lowest BCUT2D eigenvalue weighted by atomic mass is 10.3. The predicted molar refractivity (Wildman–Crippen MR) is 83.4 cm³/mol. The van der Waals surface area contributed by atoms with Gasteiger partial charge < -0.3 is 4.74 Å². The van der Waals surface area contributed by atoms with Crippen molar-refractivity contribution in [3.63, 3.8) is 0 Å². The van der Waals surface area contributed by atoms with E-state index in [1.807, 2.05) is 18.5 Å². The van der Waals surface area contributed by atoms with Crippen molar-refractivity contribution in [3.05, 3.63) is 44.3 Å². The van der Waals surface area contributed by atoms with Gasteiger partial charge in [0.05, 0.1) is 15.9 Å². The number of ether oxygens (including phenoxy) is 1. The number of hydrogen-bond acceptors (Lipinski definition) is 2. The van der Waals surface area contributed by atoms with Crippen molar-refractivity contribution < 1.29 is 9.13 Å². The van der Waals surface area contributed by atoms with Gasteiger partial charge in [-0.25, -0.2) is 4.39 Å². The Bertz CT molecular complexity index is 613. The Balaban J connectivity index is 2.22. The fraction of sp³-hybridized carbons (Fsp3) is 0.357. The first kappa shape index (κ1) is 15.5. The maximum Gasteiger partial charge on any atom is 0.165 e. The highest BCUT2D eigenvalue weighted by atomic mass is 79.9. The fourth-order valence-electron chi connectivity index (χ4n) is 1.89. The van der Waals surface area contributed by atoms with Crippen LogP contribution < -0.4 is 4.74 Å². The van der Waals surface area contributed by atoms with Gasteiger partial charge in [0.15, 0.2) is 11.6 Å². The van der Waals surface area contributed by atoms with Gasteiger partial charge in [0.1, 0.15) is 6.61 Å². The van der Waals surface area contributed by atoms with Crippen molar-refractivity contribution in [2.75, 3.05) is 0 Å². The molecule has 108 valence electrons. The van der Waals surface area contributed by atoms with Gasteiger partial charge >= 0.3 is 0 Å². The molecule has 1 aromatic carbocycles. The SMILES string of the molecule is CCc1nn(CC)c(COc2cc(Br)ccc2F)c1Br. The maximum absolute atomic E-state index is 13.6. The molecule has 0 atom stereocenters. The minimum Gasteiger partial charge on any atom is -0.484 e. The molecule has 2 rings (SSSR count). The van der Waals surface area contributed by atoms with Crippen molar-refractivity contribution in [3.8, 4) is 5.75 Å². The van der Waals surface area contributed by atoms with Crippen LogP contribution in [-0.4, -0.2) is 9.78 Å². The zero-order valence-electron chi connectivity index (χ0n) is 11.3. The molecule has 0 N–H and O–H groups in total. The molecule has 1 heterocycles. The molecule has 0 aliphatic rings. The van der Waals surface area contributed by atoms with Gasteiger partial charge in [-0.05, 0) is 47.5 Å². The lowest BCUT2D eigenvalue weighted by Gasteiger charge is -2.09. The van der Waals surface area contributed by atoms with Crippen molar-refractivity contribution in [1.82, 2.24) is 9.78 Å². The zero-order valence-corrected chi connectivity index (χ0v) is 14.5. The Morgan fingerprint density at radius 3 is 2.70 bits per heavy atom. The van der Waals surface area contributed by atoms with E-state index < -0.39 is 0 Å². The zero-order chi connectivity index (χ0) is 14.7. The fourth-order valence-corrected chi connectivity index (χ4v) is 2.91. The highest BCUT2D eigenvalue weighted by molar-refractivity contribution is 9.10. The average molecular weight is 406 g/mol. The molecule has 0 spiro atoms. The highest BCUT2D eigenvalue weighted by Gasteiger charge is 2.15. The molecule has 20 heavy (non-hydrogen) atoms. The summed E-state index contributed by atoms with van der Waals surface area (Å²) in [6, 6.07) is 4.64. The summed E-state index contributed by atoms with van der Waals surface area (Å²) in [5, 5.41) is 4.49. The van der Waals surface area contributed by atoms with Crippen LogP contribution in [0.25, 0.3) is 0 Å². The molecule has 1 aromatic heterocycles. The van der Waals surface area contributed by atoms with Gasteiger partial charge in [-0.15, -0.1) is 0 Å². The van der Waals surface area contributed by atoms with Crippen LogP contribution in [-0.2, 0) is 19.6 Å². The molecule has 2 aromatic rings. The Morgan fingerprint density at radius 1 is 1.30 bits per heavy atom. The lowest BCUT2D eigenvalue weighted by molar-refractivity contribution is 0.277. The third-order valence-electron chi connectivity index (χ3n) is 2.95. The van der Waals surface area contributed by atoms with E-state index in [1.165, 1.54) is 6.07 Å². The summed E-state index contributed by atoms with van der Waals surface area (Å²) in [6.45, 7) is 5.08. The molecule has 0 saturated carbocycles. The van der Waals surface area contributed by atoms with Crippen molar-refractivity contribution >= 4 is 31.9 Å². The third-order valence-corrected chi connectivity index (χ3v) is 4.36. The molecular formula is C14H15Br2FN2O. The van der Waals surface area contributed by atoms with E-state index in [0.29, 0.717) is 0 Å². The van der Waals surface area contributed by atoms with Crippen LogP contribution in [0.1, 0.15) is 25.2 Å². The molecular weight excluding hydrogens is 391 g/mol. The Hall–Kier alpha value is -0.880. The predicted octanol–water partition coefficient (Wildman–Crippen LogP) is 4.71. The van der Waals surface area contributed by atoms with Crippen molar-refractivity contribution in [2.45, 2.75) is 33.4 Å². The summed E-state index contributed by atoms with van der Waals surface area (Å²) >= 11 is 6.85. The summed E-state index contributed by atoms with van der Waals surface area (Å²) < 4.78 is 22.8. The number of benzene rings is 1. The molecule has 6 heteroatoms. The van der Waals surface area contributed by atoms with E-state index in [4.69, 9.17) is 4.74 Å². The van der Waals surface area contributed by atoms with Crippen LogP contribution in [0, 0.1) is 5.82 Å². The lowest BCUT2D eigenvalue weighted by Crippen LogP contribution is -2.07. The number of halogens is 3. The Kier molecular flexibility index (Phi) is 5.21. The summed E-state index contributed by atoms with van der Waals surface area (Å²) in [5.41, 5.74) is 1.91. The normalized spacial score (nSPS) is 10.8. The smallest absolute Gasteiger partial charge is 0.165 e. The van der Waals surface area contributed by atoms with Gasteiger partial charge in [-0.1, -0.05) is 22.9 Å². The first-order valence-electron chi connectivity index (χ1n) is 6.38. The van der Waals surface area contributed by atoms with Crippen LogP contribution in [0.4, 0.5) is 4.39 Å². The van der Waals surface area contributed by atoms with Crippen LogP contribution in [0.15, 0.2) is 27.1 Å². The summed E-state index contributed by atoms with van der Waals surface area (Å²) in [5.74, 6) is -0.143. The Labute approximate surface area is 134 Å². The molecule has 0 saturated heterocycles. The van der Waals surface area contributed by atoms with E-state index in [0.717, 1.165) is 33.3 Å². The van der Waals surface area contributed by atoms with E-state index in [1.54, 1.807) is 12.1 Å². The number of rotatable bonds is 5. The van der Waals surface area contributed by atoms with Crippen molar-refractivity contribution in [1.29, 1.82) is 0 Å². The molecule has 0 radical (unpaired) electrons. The number of nitrogens with zero attached hydrogens (tertiary/aromatic N) is 2. The van der Waals surface area contributed by atoms with E-state index in [2.05, 4.69) is 37.0 Å². The van der Waals surface area contributed by atoms with Crippen LogP contribution in [0.5, 0.6) is 5.75 Å². The summed E-state index contributed by atoms with van der Waals surface area (Å²) in [7, 11) is 0. The molecule has 0 aliphatic heterocycles. The van der Waals surface area contributed by atoms with Crippen LogP contribution in [0.3, 0.4) is 0 Å². The number of hydrogen-bond donors (Lipinski definition) is 0. The van der Waals surface area contributed by atoms with E-state index in [9.17, 15) is 4.39 Å². The standard InChI is InChI=1S/C14H15Br2FN2O/c1-3-11-14(16)12(19(4-2)18-11)8-20-13-7-9(15)5-6-10(13)17/h5-7H,3-4,8H2,1-2H3. The molecule has 0 amide bonds. The van der Waals surface area contributed by atoms with Crippen molar-refractivity contribution in [2.24, 2.45) is 0 Å². The first-order chi connectivity index (χ1) is 9.56. The van der Waals surface area contributed by atoms with Gasteiger partial charge in [0.25, 0.3) is 0 Å². The first-order valence-corrected chi connectivity index (χ1v) is 7.97.